The fourth-order valence-electron chi connectivity index (χ4n) is 1.23. The van der Waals surface area contributed by atoms with Crippen molar-refractivity contribution in [3.63, 3.8) is 0 Å². The Labute approximate surface area is 104 Å². The largest absolute Gasteiger partial charge is 0.508 e. The van der Waals surface area contributed by atoms with Gasteiger partial charge >= 0.3 is 0 Å². The first-order chi connectivity index (χ1) is 8.10. The SMILES string of the molecule is C=Cc1ccc(O)cc1.CCCCCC(C)=O. The lowest BCUT2D eigenvalue weighted by molar-refractivity contribution is -0.117. The van der Waals surface area contributed by atoms with E-state index in [9.17, 15) is 4.79 Å². The smallest absolute Gasteiger partial charge is 0.129 e. The van der Waals surface area contributed by atoms with Gasteiger partial charge in [0.15, 0.2) is 0 Å². The van der Waals surface area contributed by atoms with Gasteiger partial charge in [0.05, 0.1) is 0 Å². The van der Waals surface area contributed by atoms with Gasteiger partial charge in [-0.1, -0.05) is 44.6 Å². The zero-order valence-electron chi connectivity index (χ0n) is 10.8. The van der Waals surface area contributed by atoms with Gasteiger partial charge < -0.3 is 9.90 Å². The third kappa shape index (κ3) is 9.36. The number of rotatable bonds is 5. The molecule has 0 aromatic heterocycles. The molecule has 0 atom stereocenters. The second-order valence-electron chi connectivity index (χ2n) is 3.95. The predicted molar refractivity (Wildman–Crippen MR) is 73.0 cm³/mol. The Morgan fingerprint density at radius 3 is 2.29 bits per heavy atom. The first kappa shape index (κ1) is 15.4. The standard InChI is InChI=1S/C8H8O.C7H14O/c1-2-7-3-5-8(9)6-4-7;1-3-4-5-6-7(2)8/h2-6,9H,1H2;3-6H2,1-2H3. The van der Waals surface area contributed by atoms with Crippen molar-refractivity contribution >= 4 is 11.9 Å². The number of benzene rings is 1. The molecule has 1 aromatic rings. The van der Waals surface area contributed by atoms with E-state index >= 15 is 0 Å². The normalized spacial score (nSPS) is 9.06. The summed E-state index contributed by atoms with van der Waals surface area (Å²) in [6.07, 6.45) is 5.98. The molecule has 0 spiro atoms. The van der Waals surface area contributed by atoms with Crippen LogP contribution in [0.2, 0.25) is 0 Å². The lowest BCUT2D eigenvalue weighted by Gasteiger charge is -1.90. The number of aromatic hydroxyl groups is 1. The Hall–Kier alpha value is -1.57. The van der Waals surface area contributed by atoms with Crippen LogP contribution in [0.4, 0.5) is 0 Å². The molecule has 2 nitrogen and oxygen atoms in total. The van der Waals surface area contributed by atoms with Crippen molar-refractivity contribution in [1.29, 1.82) is 0 Å². The molecule has 0 bridgehead atoms. The molecule has 0 fully saturated rings. The number of carbonyl (C=O) groups is 1. The van der Waals surface area contributed by atoms with Crippen molar-refractivity contribution < 1.29 is 9.90 Å². The molecule has 2 heteroatoms. The van der Waals surface area contributed by atoms with Gasteiger partial charge in [0.1, 0.15) is 11.5 Å². The fraction of sp³-hybridized carbons (Fsp3) is 0.400. The highest BCUT2D eigenvalue weighted by Crippen LogP contribution is 2.09. The van der Waals surface area contributed by atoms with E-state index in [4.69, 9.17) is 5.11 Å². The molecule has 0 radical (unpaired) electrons. The molecule has 0 aliphatic heterocycles. The number of hydrogen-bond donors (Lipinski definition) is 1. The summed E-state index contributed by atoms with van der Waals surface area (Å²) >= 11 is 0. The lowest BCUT2D eigenvalue weighted by atomic mass is 10.2. The maximum atomic E-state index is 10.3. The number of ketones is 1. The van der Waals surface area contributed by atoms with Crippen LogP contribution in [0, 0.1) is 0 Å². The van der Waals surface area contributed by atoms with E-state index in [0.29, 0.717) is 11.5 Å². The summed E-state index contributed by atoms with van der Waals surface area (Å²) in [4.78, 5) is 10.3. The molecule has 1 N–H and O–H groups in total. The molecule has 17 heavy (non-hydrogen) atoms. The number of phenols is 1. The molecule has 94 valence electrons. The first-order valence-electron chi connectivity index (χ1n) is 6.01. The van der Waals surface area contributed by atoms with Crippen LogP contribution >= 0.6 is 0 Å². The second-order valence-corrected chi connectivity index (χ2v) is 3.95. The molecule has 1 aromatic carbocycles. The highest BCUT2D eigenvalue weighted by molar-refractivity contribution is 5.75. The minimum atomic E-state index is 0.292. The Morgan fingerprint density at radius 2 is 1.88 bits per heavy atom. The number of hydrogen-bond acceptors (Lipinski definition) is 2. The topological polar surface area (TPSA) is 37.3 Å². The van der Waals surface area contributed by atoms with Crippen molar-refractivity contribution in [1.82, 2.24) is 0 Å². The summed E-state index contributed by atoms with van der Waals surface area (Å²) in [5.74, 6) is 0.610. The molecule has 0 saturated heterocycles. The number of carbonyl (C=O) groups excluding carboxylic acids is 1. The molecule has 1 rings (SSSR count). The van der Waals surface area contributed by atoms with E-state index in [1.807, 2.05) is 12.1 Å². The van der Waals surface area contributed by atoms with Crippen molar-refractivity contribution in [2.24, 2.45) is 0 Å². The van der Waals surface area contributed by atoms with Crippen LogP contribution in [0.5, 0.6) is 5.75 Å². The summed E-state index contributed by atoms with van der Waals surface area (Å²) < 4.78 is 0. The average Bonchev–Trinajstić information content (AvgIpc) is 2.31. The fourth-order valence-corrected chi connectivity index (χ4v) is 1.23. The Bertz CT molecular complexity index is 325. The Morgan fingerprint density at radius 1 is 1.29 bits per heavy atom. The van der Waals surface area contributed by atoms with Gasteiger partial charge in [-0.25, -0.2) is 0 Å². The molecule has 0 aliphatic rings. The van der Waals surface area contributed by atoms with Gasteiger partial charge in [-0.3, -0.25) is 0 Å². The summed E-state index contributed by atoms with van der Waals surface area (Å²) in [6.45, 7) is 7.37. The maximum absolute atomic E-state index is 10.3. The van der Waals surface area contributed by atoms with Crippen molar-refractivity contribution in [2.45, 2.75) is 39.5 Å². The third-order valence-corrected chi connectivity index (χ3v) is 2.26. The van der Waals surface area contributed by atoms with Gasteiger partial charge in [-0.05, 0) is 31.0 Å². The van der Waals surface area contributed by atoms with Crippen molar-refractivity contribution in [2.75, 3.05) is 0 Å². The summed E-state index contributed by atoms with van der Waals surface area (Å²) in [6, 6.07) is 6.89. The highest BCUT2D eigenvalue weighted by atomic mass is 16.3. The number of unbranched alkanes of at least 4 members (excludes halogenated alkanes) is 2. The molecule has 0 amide bonds. The van der Waals surface area contributed by atoms with E-state index in [-0.39, 0.29) is 0 Å². The van der Waals surface area contributed by atoms with E-state index < -0.39 is 0 Å². The van der Waals surface area contributed by atoms with Crippen LogP contribution in [0.15, 0.2) is 30.8 Å². The quantitative estimate of drug-likeness (QED) is 0.775. The predicted octanol–water partition coefficient (Wildman–Crippen LogP) is 4.19. The molecule has 0 aliphatic carbocycles. The minimum absolute atomic E-state index is 0.292. The van der Waals surface area contributed by atoms with Crippen LogP contribution in [-0.2, 0) is 4.79 Å². The third-order valence-electron chi connectivity index (χ3n) is 2.26. The molecular formula is C15H22O2. The van der Waals surface area contributed by atoms with Gasteiger partial charge in [0, 0.05) is 6.42 Å². The first-order valence-corrected chi connectivity index (χ1v) is 6.01. The number of phenolic OH excluding ortho intramolecular Hbond substituents is 1. The molecule has 0 unspecified atom stereocenters. The van der Waals surface area contributed by atoms with Crippen LogP contribution in [0.3, 0.4) is 0 Å². The maximum Gasteiger partial charge on any atom is 0.129 e. The van der Waals surface area contributed by atoms with E-state index in [1.165, 1.54) is 12.8 Å². The highest BCUT2D eigenvalue weighted by Gasteiger charge is 1.89. The lowest BCUT2D eigenvalue weighted by Crippen LogP contribution is -1.87. The van der Waals surface area contributed by atoms with Gasteiger partial charge in [0.2, 0.25) is 0 Å². The summed E-state index contributed by atoms with van der Waals surface area (Å²) in [5, 5.41) is 8.82. The van der Waals surface area contributed by atoms with E-state index in [2.05, 4.69) is 13.5 Å². The number of Topliss-reactive ketones (excluding diaryl/α,β-unsaturated/α-hetero) is 1. The minimum Gasteiger partial charge on any atom is -0.508 e. The van der Waals surface area contributed by atoms with Gasteiger partial charge in [0.25, 0.3) is 0 Å². The van der Waals surface area contributed by atoms with Gasteiger partial charge in [-0.2, -0.15) is 0 Å². The zero-order chi connectivity index (χ0) is 13.1. The zero-order valence-corrected chi connectivity index (χ0v) is 10.8. The van der Waals surface area contributed by atoms with Crippen LogP contribution in [-0.4, -0.2) is 10.9 Å². The Balaban J connectivity index is 0.000000304. The van der Waals surface area contributed by atoms with Gasteiger partial charge in [-0.15, -0.1) is 0 Å². The molecule has 0 heterocycles. The van der Waals surface area contributed by atoms with Crippen LogP contribution in [0.1, 0.15) is 45.1 Å². The van der Waals surface area contributed by atoms with E-state index in [0.717, 1.165) is 18.4 Å². The molecule has 0 saturated carbocycles. The van der Waals surface area contributed by atoms with Crippen LogP contribution < -0.4 is 0 Å². The molecular weight excluding hydrogens is 212 g/mol. The second kappa shape index (κ2) is 9.64. The summed E-state index contributed by atoms with van der Waals surface area (Å²) in [7, 11) is 0. The van der Waals surface area contributed by atoms with E-state index in [1.54, 1.807) is 25.1 Å². The summed E-state index contributed by atoms with van der Waals surface area (Å²) in [5.41, 5.74) is 1.02. The Kier molecular flexibility index (Phi) is 8.75. The van der Waals surface area contributed by atoms with Crippen molar-refractivity contribution in [3.8, 4) is 5.75 Å². The van der Waals surface area contributed by atoms with Crippen LogP contribution in [0.25, 0.3) is 6.08 Å². The average molecular weight is 234 g/mol. The monoisotopic (exact) mass is 234 g/mol. The van der Waals surface area contributed by atoms with Crippen molar-refractivity contribution in [3.05, 3.63) is 36.4 Å².